The van der Waals surface area contributed by atoms with Crippen LogP contribution in [0, 0.1) is 11.7 Å². The van der Waals surface area contributed by atoms with E-state index in [-0.39, 0.29) is 29.8 Å². The first-order valence-electron chi connectivity index (χ1n) is 9.82. The lowest BCUT2D eigenvalue weighted by molar-refractivity contribution is -0.137. The van der Waals surface area contributed by atoms with Crippen molar-refractivity contribution in [2.75, 3.05) is 30.9 Å². The molecule has 1 aromatic heterocycles. The van der Waals surface area contributed by atoms with Gasteiger partial charge in [0.1, 0.15) is 17.4 Å². The van der Waals surface area contributed by atoms with E-state index in [1.807, 2.05) is 0 Å². The van der Waals surface area contributed by atoms with Gasteiger partial charge in [0.15, 0.2) is 0 Å². The molecule has 4 rings (SSSR count). The Morgan fingerprint density at radius 1 is 1.28 bits per heavy atom. The van der Waals surface area contributed by atoms with Gasteiger partial charge in [-0.15, -0.1) is 0 Å². The van der Waals surface area contributed by atoms with E-state index in [9.17, 15) is 22.4 Å². The number of nitrogens with zero attached hydrogens (tertiary/aromatic N) is 2. The number of ether oxygens (including phenoxy) is 1. The number of carbonyl (C=O) groups is 1. The Hall–Kier alpha value is -2.20. The molecule has 174 valence electrons. The molecule has 0 spiro atoms. The lowest BCUT2D eigenvalue weighted by Crippen LogP contribution is -2.49. The van der Waals surface area contributed by atoms with Gasteiger partial charge in [0.2, 0.25) is 0 Å². The number of carbonyl (C=O) groups excluding carboxylic acids is 1. The third-order valence-corrected chi connectivity index (χ3v) is 5.59. The van der Waals surface area contributed by atoms with E-state index in [1.54, 1.807) is 11.2 Å². The van der Waals surface area contributed by atoms with E-state index in [0.29, 0.717) is 18.8 Å². The number of amides is 1. The zero-order chi connectivity index (χ0) is 23.6. The highest BCUT2D eigenvalue weighted by molar-refractivity contribution is 7.79. The number of alkyl halides is 3. The first-order valence-corrected chi connectivity index (χ1v) is 11.1. The monoisotopic (exact) mass is 491 g/mol. The number of halogens is 5. The fourth-order valence-corrected chi connectivity index (χ4v) is 3.70. The Labute approximate surface area is 193 Å². The van der Waals surface area contributed by atoms with Crippen molar-refractivity contribution in [3.05, 3.63) is 51.9 Å². The highest BCUT2D eigenvalue weighted by Crippen LogP contribution is 2.45. The lowest BCUT2D eigenvalue weighted by atomic mass is 10.0. The van der Waals surface area contributed by atoms with Crippen molar-refractivity contribution in [3.63, 3.8) is 0 Å². The highest BCUT2D eigenvalue weighted by Gasteiger charge is 2.36. The minimum absolute atomic E-state index is 0.0442. The van der Waals surface area contributed by atoms with Crippen LogP contribution in [-0.2, 0) is 6.18 Å². The largest absolute Gasteiger partial charge is 0.493 e. The Bertz CT molecular complexity index is 996. The molecule has 1 amide bonds. The summed E-state index contributed by atoms with van der Waals surface area (Å²) in [4.78, 5) is 17.0. The van der Waals surface area contributed by atoms with Gasteiger partial charge in [-0.3, -0.25) is 4.79 Å². The number of rotatable bonds is 6. The second-order valence-electron chi connectivity index (χ2n) is 7.61. The number of primary amides is 1. The van der Waals surface area contributed by atoms with Gasteiger partial charge in [-0.1, -0.05) is 11.6 Å². The normalized spacial score (nSPS) is 16.2. The van der Waals surface area contributed by atoms with Crippen LogP contribution in [0.5, 0.6) is 5.75 Å². The first kappa shape index (κ1) is 24.4. The van der Waals surface area contributed by atoms with Crippen LogP contribution in [-0.4, -0.2) is 36.8 Å². The van der Waals surface area contributed by atoms with Crippen molar-refractivity contribution >= 4 is 36.0 Å². The average molecular weight is 492 g/mol. The molecule has 1 saturated heterocycles. The lowest BCUT2D eigenvalue weighted by Gasteiger charge is -2.40. The van der Waals surface area contributed by atoms with E-state index >= 15 is 0 Å². The maximum atomic E-state index is 14.1. The smallest absolute Gasteiger partial charge is 0.418 e. The second-order valence-corrected chi connectivity index (χ2v) is 8.02. The molecular weight excluding hydrogens is 470 g/mol. The second kappa shape index (κ2) is 9.74. The third-order valence-electron chi connectivity index (χ3n) is 5.28. The fourth-order valence-electron chi connectivity index (χ4n) is 3.49. The van der Waals surface area contributed by atoms with E-state index in [1.165, 1.54) is 12.1 Å². The van der Waals surface area contributed by atoms with Gasteiger partial charge in [-0.2, -0.15) is 25.8 Å². The summed E-state index contributed by atoms with van der Waals surface area (Å²) < 4.78 is 59.0. The quantitative estimate of drug-likeness (QED) is 0.444. The molecule has 0 unspecified atom stereocenters. The number of aromatic nitrogens is 1. The van der Waals surface area contributed by atoms with Gasteiger partial charge in [0.25, 0.3) is 5.91 Å². The van der Waals surface area contributed by atoms with E-state index in [4.69, 9.17) is 22.1 Å². The van der Waals surface area contributed by atoms with Gasteiger partial charge in [-0.25, -0.2) is 9.37 Å². The first-order chi connectivity index (χ1) is 15.1. The summed E-state index contributed by atoms with van der Waals surface area (Å²) in [5, 5.41) is -0.444. The van der Waals surface area contributed by atoms with Crippen LogP contribution in [0.2, 0.25) is 5.02 Å². The molecule has 5 nitrogen and oxygen atoms in total. The van der Waals surface area contributed by atoms with E-state index in [0.717, 1.165) is 30.7 Å². The zero-order valence-corrected chi connectivity index (χ0v) is 18.8. The molecule has 1 saturated carbocycles. The minimum atomic E-state index is -4.55. The van der Waals surface area contributed by atoms with Crippen molar-refractivity contribution in [1.82, 2.24) is 4.98 Å². The topological polar surface area (TPSA) is 68.5 Å². The molecule has 0 atom stereocenters. The number of anilines is 1. The molecule has 2 N–H and O–H groups in total. The van der Waals surface area contributed by atoms with Crippen LogP contribution in [0.1, 0.15) is 40.2 Å². The molecular formula is C21H22ClF4N3O2S. The van der Waals surface area contributed by atoms with Gasteiger partial charge < -0.3 is 15.4 Å². The SMILES string of the molecule is CS.NC(=O)c1cc(C2CC2)c(OCC2CN(c3cc(C(F)(F)F)c(Cl)cn3)C2)cc1F. The summed E-state index contributed by atoms with van der Waals surface area (Å²) in [7, 11) is 0. The molecule has 2 aliphatic rings. The Kier molecular flexibility index (Phi) is 7.44. The minimum Gasteiger partial charge on any atom is -0.493 e. The van der Waals surface area contributed by atoms with Crippen molar-refractivity contribution < 1.29 is 27.1 Å². The maximum absolute atomic E-state index is 14.1. The number of pyridine rings is 1. The van der Waals surface area contributed by atoms with Crippen LogP contribution in [0.3, 0.4) is 0 Å². The van der Waals surface area contributed by atoms with Crippen molar-refractivity contribution in [3.8, 4) is 5.75 Å². The summed E-state index contributed by atoms with van der Waals surface area (Å²) in [5.74, 6) is -0.731. The number of benzene rings is 1. The standard InChI is InChI=1S/C20H18ClF4N3O2.CH4S/c21-15-6-27-18(4-14(15)20(23,24)25)28-7-10(8-28)9-30-17-5-16(22)13(19(26)29)3-12(17)11-1-2-11;1-2/h3-6,10-11H,1-2,7-9H2,(H2,26,29);2H,1H3. The predicted octanol–water partition coefficient (Wildman–Crippen LogP) is 4.93. The number of hydrogen-bond donors (Lipinski definition) is 2. The van der Waals surface area contributed by atoms with Gasteiger partial charge in [-0.05, 0) is 42.7 Å². The van der Waals surface area contributed by atoms with E-state index in [2.05, 4.69) is 17.6 Å². The summed E-state index contributed by atoms with van der Waals surface area (Å²) in [6, 6.07) is 3.57. The van der Waals surface area contributed by atoms with Gasteiger partial charge in [0.05, 0.1) is 22.8 Å². The molecule has 0 bridgehead atoms. The molecule has 11 heteroatoms. The Balaban J connectivity index is 0.00000141. The third kappa shape index (κ3) is 5.40. The van der Waals surface area contributed by atoms with Crippen molar-refractivity contribution in [2.24, 2.45) is 11.7 Å². The molecule has 2 aromatic rings. The number of thiol groups is 1. The molecule has 2 heterocycles. The van der Waals surface area contributed by atoms with E-state index < -0.39 is 28.5 Å². The molecule has 1 aliphatic carbocycles. The molecule has 0 radical (unpaired) electrons. The van der Waals surface area contributed by atoms with Crippen LogP contribution in [0.15, 0.2) is 24.4 Å². The number of hydrogen-bond acceptors (Lipinski definition) is 5. The highest BCUT2D eigenvalue weighted by atomic mass is 35.5. The van der Waals surface area contributed by atoms with Crippen LogP contribution in [0.4, 0.5) is 23.4 Å². The maximum Gasteiger partial charge on any atom is 0.418 e. The van der Waals surface area contributed by atoms with Crippen molar-refractivity contribution in [1.29, 1.82) is 0 Å². The van der Waals surface area contributed by atoms with Crippen molar-refractivity contribution in [2.45, 2.75) is 24.9 Å². The molecule has 32 heavy (non-hydrogen) atoms. The number of nitrogens with two attached hydrogens (primary N) is 1. The Morgan fingerprint density at radius 2 is 1.94 bits per heavy atom. The molecule has 1 aromatic carbocycles. The van der Waals surface area contributed by atoms with Crippen LogP contribution >= 0.6 is 24.2 Å². The fraction of sp³-hybridized carbons (Fsp3) is 0.429. The van der Waals surface area contributed by atoms with Crippen LogP contribution in [0.25, 0.3) is 0 Å². The zero-order valence-electron chi connectivity index (χ0n) is 17.1. The summed E-state index contributed by atoms with van der Waals surface area (Å²) >= 11 is 9.13. The summed E-state index contributed by atoms with van der Waals surface area (Å²) in [6.45, 7) is 1.17. The Morgan fingerprint density at radius 3 is 2.50 bits per heavy atom. The molecule has 2 fully saturated rings. The summed E-state index contributed by atoms with van der Waals surface area (Å²) in [5.41, 5.74) is 4.89. The molecule has 1 aliphatic heterocycles. The average Bonchev–Trinajstić information content (AvgIpc) is 3.53. The van der Waals surface area contributed by atoms with Gasteiger partial charge in [0, 0.05) is 31.3 Å². The predicted molar refractivity (Wildman–Crippen MR) is 117 cm³/mol. The van der Waals surface area contributed by atoms with Gasteiger partial charge >= 0.3 is 6.18 Å². The van der Waals surface area contributed by atoms with Crippen LogP contribution < -0.4 is 15.4 Å². The summed E-state index contributed by atoms with van der Waals surface area (Å²) in [6.07, 6.45) is -0.000612.